The molecule has 0 fully saturated rings. The molecule has 0 heterocycles. The van der Waals surface area contributed by atoms with Gasteiger partial charge in [0, 0.05) is 11.4 Å². The zero-order valence-corrected chi connectivity index (χ0v) is 13.2. The van der Waals surface area contributed by atoms with Gasteiger partial charge in [-0.2, -0.15) is 0 Å². The van der Waals surface area contributed by atoms with Crippen LogP contribution in [0.5, 0.6) is 11.5 Å². The number of alkyl halides is 1. The van der Waals surface area contributed by atoms with Crippen LogP contribution in [0, 0.1) is 0 Å². The summed E-state index contributed by atoms with van der Waals surface area (Å²) < 4.78 is 10.4. The Labute approximate surface area is 125 Å². The fraction of sp³-hybridized carbons (Fsp3) is 0.533. The first-order valence-electron chi connectivity index (χ1n) is 6.49. The molecule has 20 heavy (non-hydrogen) atoms. The highest BCUT2D eigenvalue weighted by atomic mass is 35.5. The number of carbonyl (C=O) groups is 1. The van der Waals surface area contributed by atoms with E-state index < -0.39 is 0 Å². The molecule has 0 bridgehead atoms. The number of rotatable bonds is 7. The molecular formula is C15H22ClNO3. The maximum absolute atomic E-state index is 12.0. The second-order valence-corrected chi connectivity index (χ2v) is 5.62. The van der Waals surface area contributed by atoms with E-state index in [2.05, 4.69) is 5.32 Å². The van der Waals surface area contributed by atoms with Crippen LogP contribution in [0.25, 0.3) is 0 Å². The van der Waals surface area contributed by atoms with Crippen LogP contribution in [0.4, 0.5) is 0 Å². The van der Waals surface area contributed by atoms with Crippen molar-refractivity contribution in [1.29, 1.82) is 0 Å². The zero-order chi connectivity index (χ0) is 15.2. The van der Waals surface area contributed by atoms with Gasteiger partial charge in [-0.3, -0.25) is 4.79 Å². The number of amides is 1. The van der Waals surface area contributed by atoms with Gasteiger partial charge in [-0.05, 0) is 38.0 Å². The standard InChI is InChI=1S/C15H22ClNO3/c1-15(2,7-8-16)17-14(18)10-11-5-6-12(19-3)13(9-11)20-4/h5-6,9H,7-8,10H2,1-4H3,(H,17,18). The lowest BCUT2D eigenvalue weighted by molar-refractivity contribution is -0.122. The third-order valence-electron chi connectivity index (χ3n) is 3.01. The number of methoxy groups -OCH3 is 2. The Bertz CT molecular complexity index is 460. The summed E-state index contributed by atoms with van der Waals surface area (Å²) >= 11 is 5.72. The highest BCUT2D eigenvalue weighted by Crippen LogP contribution is 2.27. The summed E-state index contributed by atoms with van der Waals surface area (Å²) in [6.45, 7) is 3.92. The van der Waals surface area contributed by atoms with Gasteiger partial charge in [0.05, 0.1) is 20.6 Å². The number of hydrogen-bond donors (Lipinski definition) is 1. The Morgan fingerprint density at radius 3 is 2.45 bits per heavy atom. The highest BCUT2D eigenvalue weighted by Gasteiger charge is 2.19. The Balaban J connectivity index is 2.71. The minimum atomic E-state index is -0.296. The topological polar surface area (TPSA) is 47.6 Å². The van der Waals surface area contributed by atoms with Crippen LogP contribution in [0.2, 0.25) is 0 Å². The van der Waals surface area contributed by atoms with Gasteiger partial charge in [-0.25, -0.2) is 0 Å². The van der Waals surface area contributed by atoms with Crippen molar-refractivity contribution >= 4 is 17.5 Å². The third kappa shape index (κ3) is 4.93. The van der Waals surface area contributed by atoms with E-state index in [0.29, 0.717) is 23.8 Å². The first-order valence-corrected chi connectivity index (χ1v) is 7.03. The van der Waals surface area contributed by atoms with Crippen LogP contribution < -0.4 is 14.8 Å². The van der Waals surface area contributed by atoms with E-state index in [1.807, 2.05) is 26.0 Å². The molecule has 1 aromatic rings. The van der Waals surface area contributed by atoms with Crippen molar-refractivity contribution in [3.05, 3.63) is 23.8 Å². The van der Waals surface area contributed by atoms with E-state index in [1.165, 1.54) is 0 Å². The number of benzene rings is 1. The van der Waals surface area contributed by atoms with Crippen LogP contribution >= 0.6 is 11.6 Å². The van der Waals surface area contributed by atoms with Gasteiger partial charge in [0.15, 0.2) is 11.5 Å². The molecule has 0 saturated heterocycles. The van der Waals surface area contributed by atoms with E-state index in [4.69, 9.17) is 21.1 Å². The SMILES string of the molecule is COc1ccc(CC(=O)NC(C)(C)CCCl)cc1OC. The monoisotopic (exact) mass is 299 g/mol. The summed E-state index contributed by atoms with van der Waals surface area (Å²) in [5.41, 5.74) is 0.580. The lowest BCUT2D eigenvalue weighted by atomic mass is 10.0. The molecule has 1 rings (SSSR count). The fourth-order valence-electron chi connectivity index (χ4n) is 1.90. The number of nitrogens with one attached hydrogen (secondary N) is 1. The average molecular weight is 300 g/mol. The van der Waals surface area contributed by atoms with E-state index >= 15 is 0 Å². The largest absolute Gasteiger partial charge is 0.493 e. The van der Waals surface area contributed by atoms with Crippen molar-refractivity contribution in [2.24, 2.45) is 0 Å². The normalized spacial score (nSPS) is 11.1. The van der Waals surface area contributed by atoms with E-state index in [9.17, 15) is 4.79 Å². The quantitative estimate of drug-likeness (QED) is 0.788. The second-order valence-electron chi connectivity index (χ2n) is 5.24. The minimum Gasteiger partial charge on any atom is -0.493 e. The molecule has 0 atom stereocenters. The minimum absolute atomic E-state index is 0.0349. The van der Waals surface area contributed by atoms with Crippen LogP contribution in [-0.4, -0.2) is 31.5 Å². The third-order valence-corrected chi connectivity index (χ3v) is 3.20. The molecular weight excluding hydrogens is 278 g/mol. The van der Waals surface area contributed by atoms with E-state index in [1.54, 1.807) is 20.3 Å². The lowest BCUT2D eigenvalue weighted by Gasteiger charge is -2.25. The highest BCUT2D eigenvalue weighted by molar-refractivity contribution is 6.17. The molecule has 0 aliphatic heterocycles. The second kappa shape index (κ2) is 7.39. The summed E-state index contributed by atoms with van der Waals surface area (Å²) in [4.78, 5) is 12.0. The van der Waals surface area contributed by atoms with Gasteiger partial charge in [-0.1, -0.05) is 6.07 Å². The van der Waals surface area contributed by atoms with Gasteiger partial charge in [0.1, 0.15) is 0 Å². The molecule has 5 heteroatoms. The van der Waals surface area contributed by atoms with Gasteiger partial charge in [0.25, 0.3) is 0 Å². The van der Waals surface area contributed by atoms with Crippen molar-refractivity contribution < 1.29 is 14.3 Å². The molecule has 112 valence electrons. The predicted octanol–water partition coefficient (Wildman–Crippen LogP) is 2.77. The molecule has 0 aliphatic rings. The molecule has 0 saturated carbocycles. The van der Waals surface area contributed by atoms with Crippen molar-refractivity contribution in [3.63, 3.8) is 0 Å². The van der Waals surface area contributed by atoms with Crippen LogP contribution in [0.15, 0.2) is 18.2 Å². The lowest BCUT2D eigenvalue weighted by Crippen LogP contribution is -2.44. The first kappa shape index (κ1) is 16.6. The zero-order valence-electron chi connectivity index (χ0n) is 12.5. The molecule has 1 amide bonds. The van der Waals surface area contributed by atoms with Gasteiger partial charge in [-0.15, -0.1) is 11.6 Å². The summed E-state index contributed by atoms with van der Waals surface area (Å²) in [6, 6.07) is 5.47. The molecule has 1 aromatic carbocycles. The molecule has 4 nitrogen and oxygen atoms in total. The van der Waals surface area contributed by atoms with Crippen molar-refractivity contribution in [1.82, 2.24) is 5.32 Å². The van der Waals surface area contributed by atoms with Crippen molar-refractivity contribution in [3.8, 4) is 11.5 Å². The van der Waals surface area contributed by atoms with Crippen molar-refractivity contribution in [2.75, 3.05) is 20.1 Å². The molecule has 0 unspecified atom stereocenters. The maximum atomic E-state index is 12.0. The summed E-state index contributed by atoms with van der Waals surface area (Å²) in [6.07, 6.45) is 1.03. The average Bonchev–Trinajstić information content (AvgIpc) is 2.37. The van der Waals surface area contributed by atoms with Crippen LogP contribution in [-0.2, 0) is 11.2 Å². The maximum Gasteiger partial charge on any atom is 0.224 e. The summed E-state index contributed by atoms with van der Waals surface area (Å²) in [5, 5.41) is 2.98. The Kier molecular flexibility index (Phi) is 6.14. The van der Waals surface area contributed by atoms with E-state index in [-0.39, 0.29) is 11.4 Å². The summed E-state index contributed by atoms with van der Waals surface area (Å²) in [7, 11) is 3.16. The number of hydrogen-bond acceptors (Lipinski definition) is 3. The van der Waals surface area contributed by atoms with Gasteiger partial charge < -0.3 is 14.8 Å². The molecule has 1 N–H and O–H groups in total. The van der Waals surface area contributed by atoms with Crippen molar-refractivity contribution in [2.45, 2.75) is 32.2 Å². The fourth-order valence-corrected chi connectivity index (χ4v) is 2.37. The Hall–Kier alpha value is -1.42. The number of ether oxygens (including phenoxy) is 2. The van der Waals surface area contributed by atoms with Crippen LogP contribution in [0.3, 0.4) is 0 Å². The smallest absolute Gasteiger partial charge is 0.224 e. The van der Waals surface area contributed by atoms with Gasteiger partial charge in [0.2, 0.25) is 5.91 Å². The van der Waals surface area contributed by atoms with Crippen LogP contribution in [0.1, 0.15) is 25.8 Å². The number of halogens is 1. The Morgan fingerprint density at radius 2 is 1.90 bits per heavy atom. The molecule has 0 radical (unpaired) electrons. The Morgan fingerprint density at radius 1 is 1.25 bits per heavy atom. The predicted molar refractivity (Wildman–Crippen MR) is 80.8 cm³/mol. The molecule has 0 aliphatic carbocycles. The molecule has 0 aromatic heterocycles. The van der Waals surface area contributed by atoms with Gasteiger partial charge >= 0.3 is 0 Å². The van der Waals surface area contributed by atoms with E-state index in [0.717, 1.165) is 12.0 Å². The first-order chi connectivity index (χ1) is 9.41. The number of carbonyl (C=O) groups excluding carboxylic acids is 1. The molecule has 0 spiro atoms. The summed E-state index contributed by atoms with van der Waals surface area (Å²) in [5.74, 6) is 1.76.